The minimum atomic E-state index is -1.01. The summed E-state index contributed by atoms with van der Waals surface area (Å²) in [5, 5.41) is 12.1. The van der Waals surface area contributed by atoms with Crippen molar-refractivity contribution in [2.75, 3.05) is 18.5 Å². The number of anilines is 1. The Balaban J connectivity index is 1.28. The summed E-state index contributed by atoms with van der Waals surface area (Å²) >= 11 is 3.37. The van der Waals surface area contributed by atoms with Crippen molar-refractivity contribution in [1.29, 1.82) is 0 Å². The fourth-order valence-electron chi connectivity index (χ4n) is 4.94. The number of halogens is 1. The molecule has 1 saturated heterocycles. The summed E-state index contributed by atoms with van der Waals surface area (Å²) in [6, 6.07) is 20.2. The van der Waals surface area contributed by atoms with Crippen LogP contribution in [0.4, 0.5) is 10.5 Å². The number of carbonyl (C=O) groups is 3. The first-order chi connectivity index (χ1) is 16.9. The molecular formula is C27H23BrN2O5. The number of likely N-dealkylation sites (tertiary alicyclic amines) is 1. The summed E-state index contributed by atoms with van der Waals surface area (Å²) in [7, 11) is 0. The highest BCUT2D eigenvalue weighted by molar-refractivity contribution is 9.10. The highest BCUT2D eigenvalue weighted by Crippen LogP contribution is 2.44. The molecule has 35 heavy (non-hydrogen) atoms. The van der Waals surface area contributed by atoms with E-state index in [2.05, 4.69) is 45.5 Å². The molecule has 0 radical (unpaired) electrons. The normalized spacial score (nSPS) is 16.5. The highest BCUT2D eigenvalue weighted by atomic mass is 79.9. The molecule has 0 unspecified atom stereocenters. The van der Waals surface area contributed by atoms with Gasteiger partial charge in [0.1, 0.15) is 12.6 Å². The van der Waals surface area contributed by atoms with E-state index in [-0.39, 0.29) is 18.1 Å². The van der Waals surface area contributed by atoms with Crippen LogP contribution < -0.4 is 5.32 Å². The van der Waals surface area contributed by atoms with Gasteiger partial charge in [-0.05, 0) is 69.2 Å². The number of aliphatic carboxylic acids is 1. The van der Waals surface area contributed by atoms with Gasteiger partial charge >= 0.3 is 12.1 Å². The van der Waals surface area contributed by atoms with E-state index >= 15 is 0 Å². The van der Waals surface area contributed by atoms with Crippen molar-refractivity contribution in [1.82, 2.24) is 4.90 Å². The van der Waals surface area contributed by atoms with E-state index in [1.807, 2.05) is 24.3 Å². The van der Waals surface area contributed by atoms with Crippen LogP contribution in [-0.4, -0.2) is 47.2 Å². The maximum Gasteiger partial charge on any atom is 0.411 e. The van der Waals surface area contributed by atoms with Gasteiger partial charge in [0, 0.05) is 22.6 Å². The first-order valence-corrected chi connectivity index (χ1v) is 12.2. The Kier molecular flexibility index (Phi) is 6.30. The fraction of sp³-hybridized carbons (Fsp3) is 0.222. The smallest absolute Gasteiger partial charge is 0.411 e. The predicted octanol–water partition coefficient (Wildman–Crippen LogP) is 5.50. The van der Waals surface area contributed by atoms with Gasteiger partial charge in [-0.3, -0.25) is 10.1 Å². The molecule has 3 aromatic carbocycles. The molecule has 2 aliphatic rings. The minimum Gasteiger partial charge on any atom is -0.480 e. The van der Waals surface area contributed by atoms with Gasteiger partial charge in [-0.2, -0.15) is 0 Å². The monoisotopic (exact) mass is 534 g/mol. The largest absolute Gasteiger partial charge is 0.480 e. The second-order valence-corrected chi connectivity index (χ2v) is 9.49. The van der Waals surface area contributed by atoms with Crippen LogP contribution in [0.15, 0.2) is 71.2 Å². The predicted molar refractivity (Wildman–Crippen MR) is 135 cm³/mol. The number of benzene rings is 3. The van der Waals surface area contributed by atoms with E-state index < -0.39 is 24.0 Å². The maximum atomic E-state index is 13.0. The Morgan fingerprint density at radius 1 is 1.00 bits per heavy atom. The third kappa shape index (κ3) is 4.41. The van der Waals surface area contributed by atoms with Crippen molar-refractivity contribution < 1.29 is 24.2 Å². The molecule has 1 aliphatic heterocycles. The maximum absolute atomic E-state index is 13.0. The molecule has 1 fully saturated rings. The lowest BCUT2D eigenvalue weighted by atomic mass is 9.98. The quantitative estimate of drug-likeness (QED) is 0.450. The van der Waals surface area contributed by atoms with Crippen molar-refractivity contribution in [2.45, 2.75) is 24.8 Å². The van der Waals surface area contributed by atoms with Crippen LogP contribution in [0.3, 0.4) is 0 Å². The summed E-state index contributed by atoms with van der Waals surface area (Å²) in [6.07, 6.45) is 0.436. The molecule has 3 aromatic rings. The molecule has 1 atom stereocenters. The van der Waals surface area contributed by atoms with Gasteiger partial charge in [-0.1, -0.05) is 48.5 Å². The van der Waals surface area contributed by atoms with E-state index in [1.165, 1.54) is 11.0 Å². The lowest BCUT2D eigenvalue weighted by Gasteiger charge is -2.22. The van der Waals surface area contributed by atoms with Crippen LogP contribution in [0.1, 0.15) is 40.2 Å². The van der Waals surface area contributed by atoms with Gasteiger partial charge in [-0.25, -0.2) is 9.59 Å². The van der Waals surface area contributed by atoms with E-state index in [9.17, 15) is 19.5 Å². The molecular weight excluding hydrogens is 512 g/mol. The lowest BCUT2D eigenvalue weighted by molar-refractivity contribution is -0.141. The molecule has 1 aliphatic carbocycles. The molecule has 178 valence electrons. The zero-order chi connectivity index (χ0) is 24.5. The van der Waals surface area contributed by atoms with Gasteiger partial charge in [0.15, 0.2) is 0 Å². The highest BCUT2D eigenvalue weighted by Gasteiger charge is 2.35. The van der Waals surface area contributed by atoms with Gasteiger partial charge in [-0.15, -0.1) is 0 Å². The number of fused-ring (bicyclic) bond motifs is 3. The Morgan fingerprint density at radius 2 is 1.66 bits per heavy atom. The zero-order valence-electron chi connectivity index (χ0n) is 18.7. The molecule has 5 rings (SSSR count). The third-order valence-electron chi connectivity index (χ3n) is 6.59. The number of amides is 2. The lowest BCUT2D eigenvalue weighted by Crippen LogP contribution is -2.40. The van der Waals surface area contributed by atoms with Crippen molar-refractivity contribution in [3.05, 3.63) is 87.9 Å². The number of nitrogens with zero attached hydrogens (tertiary/aromatic N) is 1. The van der Waals surface area contributed by atoms with Gasteiger partial charge < -0.3 is 14.7 Å². The SMILES string of the molecule is O=C(Nc1ccc(Br)c(C(=O)N2CCC[C@H]2C(=O)O)c1)OCC1c2ccccc2-c2ccccc21. The number of hydrogen-bond donors (Lipinski definition) is 2. The second kappa shape index (κ2) is 9.54. The number of nitrogens with one attached hydrogen (secondary N) is 1. The first kappa shape index (κ1) is 23.1. The molecule has 0 bridgehead atoms. The third-order valence-corrected chi connectivity index (χ3v) is 7.28. The molecule has 0 aromatic heterocycles. The fourth-order valence-corrected chi connectivity index (χ4v) is 5.36. The van der Waals surface area contributed by atoms with Crippen LogP contribution in [-0.2, 0) is 9.53 Å². The molecule has 2 amide bonds. The number of carboxylic acid groups (broad SMARTS) is 1. The average molecular weight is 535 g/mol. The molecule has 0 saturated carbocycles. The Bertz CT molecular complexity index is 1280. The van der Waals surface area contributed by atoms with E-state index in [4.69, 9.17) is 4.74 Å². The van der Waals surface area contributed by atoms with Crippen LogP contribution in [0, 0.1) is 0 Å². The number of carbonyl (C=O) groups excluding carboxylic acids is 2. The summed E-state index contributed by atoms with van der Waals surface area (Å²) in [5.41, 5.74) is 5.21. The van der Waals surface area contributed by atoms with E-state index in [0.29, 0.717) is 29.5 Å². The Hall–Kier alpha value is -3.65. The van der Waals surface area contributed by atoms with Crippen molar-refractivity contribution >= 4 is 39.6 Å². The molecule has 2 N–H and O–H groups in total. The summed E-state index contributed by atoms with van der Waals surface area (Å²) in [6.45, 7) is 0.558. The topological polar surface area (TPSA) is 95.9 Å². The van der Waals surface area contributed by atoms with Gasteiger partial charge in [0.25, 0.3) is 5.91 Å². The average Bonchev–Trinajstić information content (AvgIpc) is 3.47. The Morgan fingerprint density at radius 3 is 2.31 bits per heavy atom. The number of hydrogen-bond acceptors (Lipinski definition) is 4. The molecule has 1 heterocycles. The number of rotatable bonds is 5. The van der Waals surface area contributed by atoms with Crippen LogP contribution >= 0.6 is 15.9 Å². The standard InChI is InChI=1S/C27H23BrN2O5/c28-23-12-11-16(14-21(23)25(31)30-13-5-10-24(30)26(32)33)29-27(34)35-15-22-19-8-3-1-6-17(19)18-7-2-4-9-20(18)22/h1-4,6-9,11-12,14,22,24H,5,10,13,15H2,(H,29,34)(H,32,33)/t24-/m0/s1. The van der Waals surface area contributed by atoms with Gasteiger partial charge in [0.2, 0.25) is 0 Å². The minimum absolute atomic E-state index is 0.0571. The second-order valence-electron chi connectivity index (χ2n) is 8.64. The number of ether oxygens (including phenoxy) is 1. The summed E-state index contributed by atoms with van der Waals surface area (Å²) in [5.74, 6) is -1.46. The summed E-state index contributed by atoms with van der Waals surface area (Å²) < 4.78 is 6.11. The molecule has 7 nitrogen and oxygen atoms in total. The van der Waals surface area contributed by atoms with E-state index in [1.54, 1.807) is 12.1 Å². The molecule has 0 spiro atoms. The zero-order valence-corrected chi connectivity index (χ0v) is 20.3. The van der Waals surface area contributed by atoms with E-state index in [0.717, 1.165) is 22.3 Å². The molecule has 8 heteroatoms. The van der Waals surface area contributed by atoms with Crippen molar-refractivity contribution in [3.63, 3.8) is 0 Å². The van der Waals surface area contributed by atoms with Crippen LogP contribution in [0.25, 0.3) is 11.1 Å². The summed E-state index contributed by atoms with van der Waals surface area (Å²) in [4.78, 5) is 38.5. The first-order valence-electron chi connectivity index (χ1n) is 11.4. The number of carboxylic acids is 1. The Labute approximate surface area is 210 Å². The van der Waals surface area contributed by atoms with Crippen molar-refractivity contribution in [2.24, 2.45) is 0 Å². The van der Waals surface area contributed by atoms with Crippen LogP contribution in [0.5, 0.6) is 0 Å². The van der Waals surface area contributed by atoms with Gasteiger partial charge in [0.05, 0.1) is 5.56 Å². The van der Waals surface area contributed by atoms with Crippen molar-refractivity contribution in [3.8, 4) is 11.1 Å². The van der Waals surface area contributed by atoms with Crippen LogP contribution in [0.2, 0.25) is 0 Å².